The minimum Gasteiger partial charge on any atom is -0.462 e. The van der Waals surface area contributed by atoms with Crippen molar-refractivity contribution < 1.29 is 28.6 Å². The van der Waals surface area contributed by atoms with Gasteiger partial charge in [0.25, 0.3) is 0 Å². The lowest BCUT2D eigenvalue weighted by atomic mass is 10.2. The van der Waals surface area contributed by atoms with Gasteiger partial charge in [-0.25, -0.2) is 0 Å². The molecule has 0 spiro atoms. The molecule has 1 atom stereocenters. The number of unbranched alkanes of at least 4 members (excludes halogenated alkanes) is 1. The van der Waals surface area contributed by atoms with Crippen molar-refractivity contribution in [3.63, 3.8) is 0 Å². The highest BCUT2D eigenvalue weighted by Gasteiger charge is 2.19. The van der Waals surface area contributed by atoms with E-state index in [0.717, 1.165) is 64.2 Å². The van der Waals surface area contributed by atoms with E-state index in [1.54, 1.807) is 6.08 Å². The lowest BCUT2D eigenvalue weighted by molar-refractivity contribution is -0.166. The molecular formula is C53H74O6. The summed E-state index contributed by atoms with van der Waals surface area (Å²) in [5.41, 5.74) is 0. The molecule has 6 heteroatoms. The monoisotopic (exact) mass is 807 g/mol. The van der Waals surface area contributed by atoms with E-state index >= 15 is 0 Å². The molecule has 0 fully saturated rings. The van der Waals surface area contributed by atoms with Crippen LogP contribution in [-0.2, 0) is 28.6 Å². The van der Waals surface area contributed by atoms with Gasteiger partial charge in [-0.3, -0.25) is 14.4 Å². The van der Waals surface area contributed by atoms with Gasteiger partial charge >= 0.3 is 17.9 Å². The van der Waals surface area contributed by atoms with Crippen LogP contribution in [0.25, 0.3) is 0 Å². The normalized spacial score (nSPS) is 13.7. The summed E-state index contributed by atoms with van der Waals surface area (Å²) in [4.78, 5) is 37.5. The van der Waals surface area contributed by atoms with Crippen LogP contribution in [0.5, 0.6) is 0 Å². The van der Waals surface area contributed by atoms with E-state index in [9.17, 15) is 14.4 Å². The molecule has 0 aliphatic rings. The summed E-state index contributed by atoms with van der Waals surface area (Å²) in [6, 6.07) is 0. The second kappa shape index (κ2) is 45.5. The molecule has 6 nitrogen and oxygen atoms in total. The highest BCUT2D eigenvalue weighted by Crippen LogP contribution is 2.07. The van der Waals surface area contributed by atoms with Crippen molar-refractivity contribution >= 4 is 17.9 Å². The molecule has 59 heavy (non-hydrogen) atoms. The summed E-state index contributed by atoms with van der Waals surface area (Å²) < 4.78 is 16.4. The summed E-state index contributed by atoms with van der Waals surface area (Å²) in [6.07, 6.45) is 68.2. The average Bonchev–Trinajstić information content (AvgIpc) is 3.23. The van der Waals surface area contributed by atoms with Crippen LogP contribution in [0.15, 0.2) is 170 Å². The molecule has 0 rings (SSSR count). The van der Waals surface area contributed by atoms with Crippen molar-refractivity contribution in [2.75, 3.05) is 13.2 Å². The van der Waals surface area contributed by atoms with Gasteiger partial charge in [-0.1, -0.05) is 191 Å². The number of carbonyl (C=O) groups is 3. The standard InChI is InChI=1S/C53H74O6/c1-4-7-10-13-16-19-21-23-24-25-26-27-28-30-31-34-37-40-43-46-52(55)58-49-50(48-57-51(54)45-42-39-36-33-18-15-12-9-6-3)59-53(56)47-44-41-38-35-32-29-22-20-17-14-11-8-5-2/h7-12,14,16-20,22-24,26-27,29-33,35,37-40,42,50H,4-6,13,15,21,25,28,34,36,41,43-49H2,1-3H3/b10-7-,11-8-,12-9-,17-14-,19-16-,22-20-,24-23-,27-26-,31-30-,32-29-,33-18-,38-35-,40-37-,42-39-. The van der Waals surface area contributed by atoms with Crippen molar-refractivity contribution in [2.45, 2.75) is 130 Å². The molecule has 0 saturated carbocycles. The zero-order chi connectivity index (χ0) is 43.0. The first-order chi connectivity index (χ1) is 29.0. The number of allylic oxidation sites excluding steroid dienone is 27. The van der Waals surface area contributed by atoms with Crippen LogP contribution < -0.4 is 0 Å². The Bertz CT molecular complexity index is 1480. The zero-order valence-electron chi connectivity index (χ0n) is 36.4. The van der Waals surface area contributed by atoms with Crippen molar-refractivity contribution in [1.29, 1.82) is 0 Å². The Morgan fingerprint density at radius 2 is 0.763 bits per heavy atom. The van der Waals surface area contributed by atoms with Crippen molar-refractivity contribution in [1.82, 2.24) is 0 Å². The van der Waals surface area contributed by atoms with Gasteiger partial charge in [-0.15, -0.1) is 0 Å². The first kappa shape index (κ1) is 53.8. The molecule has 0 saturated heterocycles. The van der Waals surface area contributed by atoms with Gasteiger partial charge in [0, 0.05) is 12.8 Å². The fraction of sp³-hybridized carbons (Fsp3) is 0.415. The third-order valence-electron chi connectivity index (χ3n) is 7.87. The number of esters is 3. The van der Waals surface area contributed by atoms with Gasteiger partial charge in [0.05, 0.1) is 6.42 Å². The van der Waals surface area contributed by atoms with Crippen LogP contribution in [0.1, 0.15) is 124 Å². The van der Waals surface area contributed by atoms with Gasteiger partial charge in [0.1, 0.15) is 13.2 Å². The fourth-order valence-corrected chi connectivity index (χ4v) is 4.73. The van der Waals surface area contributed by atoms with Crippen LogP contribution in [0.4, 0.5) is 0 Å². The molecule has 1 unspecified atom stereocenters. The van der Waals surface area contributed by atoms with E-state index in [-0.39, 0.29) is 32.5 Å². The third-order valence-corrected chi connectivity index (χ3v) is 7.87. The predicted molar refractivity (Wildman–Crippen MR) is 251 cm³/mol. The SMILES string of the molecule is CC\C=C/C=C\C=C/C=C\C=C/CCCC(=O)OC(COC(=O)C/C=C\C/C=C\C/C=C\CC)COC(=O)CC/C=C\C/C=C\C/C=C\C/C=C\C/C=C\C/C=C\CC. The molecule has 0 aromatic rings. The van der Waals surface area contributed by atoms with Crippen LogP contribution in [-0.4, -0.2) is 37.2 Å². The van der Waals surface area contributed by atoms with Gasteiger partial charge in [0.15, 0.2) is 6.10 Å². The number of ether oxygens (including phenoxy) is 3. The van der Waals surface area contributed by atoms with Crippen LogP contribution in [0.3, 0.4) is 0 Å². The van der Waals surface area contributed by atoms with E-state index in [2.05, 4.69) is 106 Å². The first-order valence-corrected chi connectivity index (χ1v) is 21.7. The van der Waals surface area contributed by atoms with Crippen molar-refractivity contribution in [2.24, 2.45) is 0 Å². The Morgan fingerprint density at radius 3 is 1.24 bits per heavy atom. The Hall–Kier alpha value is -5.23. The molecule has 0 aromatic heterocycles. The Kier molecular flexibility index (Phi) is 41.4. The van der Waals surface area contributed by atoms with Crippen molar-refractivity contribution in [3.8, 4) is 0 Å². The maximum atomic E-state index is 12.7. The number of hydrogen-bond acceptors (Lipinski definition) is 6. The molecule has 0 N–H and O–H groups in total. The largest absolute Gasteiger partial charge is 0.462 e. The molecule has 0 aliphatic carbocycles. The lowest BCUT2D eigenvalue weighted by Gasteiger charge is -2.18. The van der Waals surface area contributed by atoms with Gasteiger partial charge in [-0.05, 0) is 83.5 Å². The van der Waals surface area contributed by atoms with Gasteiger partial charge in [0.2, 0.25) is 0 Å². The average molecular weight is 807 g/mol. The van der Waals surface area contributed by atoms with Crippen LogP contribution >= 0.6 is 0 Å². The molecule has 322 valence electrons. The maximum Gasteiger partial charge on any atom is 0.309 e. The minimum atomic E-state index is -0.888. The summed E-state index contributed by atoms with van der Waals surface area (Å²) in [5, 5.41) is 0. The molecule has 0 aliphatic heterocycles. The number of hydrogen-bond donors (Lipinski definition) is 0. The smallest absolute Gasteiger partial charge is 0.309 e. The Balaban J connectivity index is 4.69. The van der Waals surface area contributed by atoms with E-state index in [0.29, 0.717) is 19.3 Å². The highest BCUT2D eigenvalue weighted by molar-refractivity contribution is 5.72. The van der Waals surface area contributed by atoms with Crippen LogP contribution in [0.2, 0.25) is 0 Å². The first-order valence-electron chi connectivity index (χ1n) is 21.7. The zero-order valence-corrected chi connectivity index (χ0v) is 36.4. The predicted octanol–water partition coefficient (Wildman–Crippen LogP) is 14.1. The minimum absolute atomic E-state index is 0.0968. The van der Waals surface area contributed by atoms with E-state index in [1.807, 2.05) is 79.0 Å². The molecule has 0 amide bonds. The summed E-state index contributed by atoms with van der Waals surface area (Å²) in [5.74, 6) is -1.29. The number of rotatable bonds is 35. The van der Waals surface area contributed by atoms with Gasteiger partial charge in [-0.2, -0.15) is 0 Å². The summed E-state index contributed by atoms with van der Waals surface area (Å²) >= 11 is 0. The Morgan fingerprint density at radius 1 is 0.373 bits per heavy atom. The third kappa shape index (κ3) is 43.7. The summed E-state index contributed by atoms with van der Waals surface area (Å²) in [7, 11) is 0. The second-order valence-electron chi connectivity index (χ2n) is 13.2. The van der Waals surface area contributed by atoms with E-state index in [1.165, 1.54) is 0 Å². The topological polar surface area (TPSA) is 78.9 Å². The lowest BCUT2D eigenvalue weighted by Crippen LogP contribution is -2.30. The maximum absolute atomic E-state index is 12.7. The molecule has 0 aromatic carbocycles. The number of carbonyl (C=O) groups excluding carboxylic acids is 3. The van der Waals surface area contributed by atoms with Gasteiger partial charge < -0.3 is 14.2 Å². The summed E-state index contributed by atoms with van der Waals surface area (Å²) in [6.45, 7) is 5.97. The quantitative estimate of drug-likeness (QED) is 0.0209. The molecular weight excluding hydrogens is 733 g/mol. The second-order valence-corrected chi connectivity index (χ2v) is 13.2. The van der Waals surface area contributed by atoms with Crippen molar-refractivity contribution in [3.05, 3.63) is 170 Å². The molecule has 0 bridgehead atoms. The Labute approximate surface area is 358 Å². The highest BCUT2D eigenvalue weighted by atomic mass is 16.6. The molecule has 0 radical (unpaired) electrons. The van der Waals surface area contributed by atoms with E-state index in [4.69, 9.17) is 14.2 Å². The molecule has 0 heterocycles. The van der Waals surface area contributed by atoms with E-state index < -0.39 is 24.0 Å². The van der Waals surface area contributed by atoms with Crippen LogP contribution in [0, 0.1) is 0 Å². The fourth-order valence-electron chi connectivity index (χ4n) is 4.73.